The molecule has 3 aromatic carbocycles. The zero-order valence-corrected chi connectivity index (χ0v) is 22.1. The number of fused-ring (bicyclic) bond motifs is 2. The summed E-state index contributed by atoms with van der Waals surface area (Å²) >= 11 is 0. The fourth-order valence-electron chi connectivity index (χ4n) is 5.00. The summed E-state index contributed by atoms with van der Waals surface area (Å²) in [6.45, 7) is 6.96. The van der Waals surface area contributed by atoms with Gasteiger partial charge in [-0.1, -0.05) is 43.3 Å². The Kier molecular flexibility index (Phi) is 7.45. The van der Waals surface area contributed by atoms with E-state index in [1.54, 1.807) is 0 Å². The van der Waals surface area contributed by atoms with Gasteiger partial charge in [0.05, 0.1) is 19.4 Å². The van der Waals surface area contributed by atoms with Crippen molar-refractivity contribution < 1.29 is 18.7 Å². The molecule has 0 aliphatic carbocycles. The maximum Gasteiger partial charge on any atom is 0.306 e. The van der Waals surface area contributed by atoms with Gasteiger partial charge in [0, 0.05) is 17.9 Å². The minimum absolute atomic E-state index is 0.0513. The number of amides is 1. The van der Waals surface area contributed by atoms with Gasteiger partial charge in [0.2, 0.25) is 5.91 Å². The molecule has 1 aliphatic rings. The van der Waals surface area contributed by atoms with Crippen LogP contribution in [0, 0.1) is 6.92 Å². The Morgan fingerprint density at radius 2 is 1.97 bits per heavy atom. The smallest absolute Gasteiger partial charge is 0.306 e. The first-order valence-electron chi connectivity index (χ1n) is 13.2. The van der Waals surface area contributed by atoms with Crippen molar-refractivity contribution in [2.24, 2.45) is 0 Å². The number of oxazole rings is 1. The Labute approximate surface area is 222 Å². The second kappa shape index (κ2) is 11.1. The maximum atomic E-state index is 13.4. The van der Waals surface area contributed by atoms with E-state index in [1.165, 1.54) is 0 Å². The number of carbonyl (C=O) groups is 2. The molecular formula is C31H33N3O4. The van der Waals surface area contributed by atoms with E-state index < -0.39 is 0 Å². The SMILES string of the molecule is CCOC(=O)CC(C)c1ccc2c(c1)CCCN2C(=O)Cc1ccc2nc(Nc3ccccc3C)oc2c1. The standard InChI is InChI=1S/C31H33N3O4/c1-4-37-30(36)16-21(3)23-12-14-27-24(19-23)9-7-15-34(27)29(35)18-22-11-13-26-28(17-22)38-31(33-26)32-25-10-6-5-8-20(25)2/h5-6,8,10-14,17,19,21H,4,7,9,15-16,18H2,1-3H3,(H,32,33). The Balaban J connectivity index is 1.29. The van der Waals surface area contributed by atoms with Crippen LogP contribution in [0.5, 0.6) is 0 Å². The molecule has 1 N–H and O–H groups in total. The van der Waals surface area contributed by atoms with Gasteiger partial charge in [-0.05, 0) is 79.1 Å². The molecule has 1 aliphatic heterocycles. The Hall–Kier alpha value is -4.13. The molecular weight excluding hydrogens is 478 g/mol. The van der Waals surface area contributed by atoms with E-state index in [9.17, 15) is 9.59 Å². The van der Waals surface area contributed by atoms with Gasteiger partial charge in [-0.2, -0.15) is 4.98 Å². The summed E-state index contributed by atoms with van der Waals surface area (Å²) in [5.74, 6) is -0.0732. The summed E-state index contributed by atoms with van der Waals surface area (Å²) in [5.41, 5.74) is 7.51. The number of anilines is 3. The third-order valence-electron chi connectivity index (χ3n) is 7.07. The minimum atomic E-state index is -0.184. The highest BCUT2D eigenvalue weighted by molar-refractivity contribution is 5.96. The second-order valence-electron chi connectivity index (χ2n) is 9.89. The van der Waals surface area contributed by atoms with Gasteiger partial charge < -0.3 is 19.4 Å². The number of hydrogen-bond acceptors (Lipinski definition) is 6. The normalized spacial score (nSPS) is 13.7. The molecule has 0 radical (unpaired) electrons. The number of nitrogens with zero attached hydrogens (tertiary/aromatic N) is 2. The summed E-state index contributed by atoms with van der Waals surface area (Å²) < 4.78 is 11.1. The zero-order chi connectivity index (χ0) is 26.6. The summed E-state index contributed by atoms with van der Waals surface area (Å²) in [4.78, 5) is 31.7. The minimum Gasteiger partial charge on any atom is -0.466 e. The largest absolute Gasteiger partial charge is 0.466 e. The first kappa shape index (κ1) is 25.5. The molecule has 0 saturated heterocycles. The third kappa shape index (κ3) is 5.57. The molecule has 2 heterocycles. The number of nitrogens with one attached hydrogen (secondary N) is 1. The fraction of sp³-hybridized carbons (Fsp3) is 0.323. The summed E-state index contributed by atoms with van der Waals surface area (Å²) in [6, 6.07) is 20.3. The van der Waals surface area contributed by atoms with Crippen LogP contribution in [0.25, 0.3) is 11.1 Å². The number of carbonyl (C=O) groups excluding carboxylic acids is 2. The van der Waals surface area contributed by atoms with Gasteiger partial charge in [-0.25, -0.2) is 0 Å². The molecule has 0 saturated carbocycles. The fourth-order valence-corrected chi connectivity index (χ4v) is 5.00. The molecule has 38 heavy (non-hydrogen) atoms. The van der Waals surface area contributed by atoms with Crippen LogP contribution in [0.3, 0.4) is 0 Å². The number of aryl methyl sites for hydroxylation is 2. The Morgan fingerprint density at radius 3 is 2.79 bits per heavy atom. The predicted octanol–water partition coefficient (Wildman–Crippen LogP) is 6.46. The second-order valence-corrected chi connectivity index (χ2v) is 9.89. The highest BCUT2D eigenvalue weighted by atomic mass is 16.5. The predicted molar refractivity (Wildman–Crippen MR) is 149 cm³/mol. The van der Waals surface area contributed by atoms with E-state index in [-0.39, 0.29) is 24.2 Å². The highest BCUT2D eigenvalue weighted by Crippen LogP contribution is 2.32. The van der Waals surface area contributed by atoms with Crippen LogP contribution in [-0.4, -0.2) is 30.0 Å². The van der Waals surface area contributed by atoms with Crippen LogP contribution in [0.4, 0.5) is 17.4 Å². The van der Waals surface area contributed by atoms with Crippen molar-refractivity contribution in [2.75, 3.05) is 23.4 Å². The van der Waals surface area contributed by atoms with Gasteiger partial charge in [-0.3, -0.25) is 9.59 Å². The topological polar surface area (TPSA) is 84.7 Å². The molecule has 7 nitrogen and oxygen atoms in total. The molecule has 1 atom stereocenters. The number of esters is 1. The number of ether oxygens (including phenoxy) is 1. The lowest BCUT2D eigenvalue weighted by molar-refractivity contribution is -0.143. The lowest BCUT2D eigenvalue weighted by atomic mass is 9.92. The Morgan fingerprint density at radius 1 is 1.13 bits per heavy atom. The van der Waals surface area contributed by atoms with Crippen molar-refractivity contribution in [2.45, 2.75) is 52.4 Å². The van der Waals surface area contributed by atoms with E-state index in [2.05, 4.69) is 16.4 Å². The van der Waals surface area contributed by atoms with Gasteiger partial charge in [0.25, 0.3) is 6.01 Å². The average molecular weight is 512 g/mol. The van der Waals surface area contributed by atoms with Crippen molar-refractivity contribution in [1.82, 2.24) is 4.98 Å². The van der Waals surface area contributed by atoms with Gasteiger partial charge in [0.1, 0.15) is 5.52 Å². The van der Waals surface area contributed by atoms with Crippen LogP contribution >= 0.6 is 0 Å². The van der Waals surface area contributed by atoms with Crippen LogP contribution < -0.4 is 10.2 Å². The van der Waals surface area contributed by atoms with E-state index in [0.717, 1.165) is 52.0 Å². The van der Waals surface area contributed by atoms with Crippen LogP contribution in [0.2, 0.25) is 0 Å². The molecule has 196 valence electrons. The molecule has 7 heteroatoms. The van der Waals surface area contributed by atoms with Crippen molar-refractivity contribution >= 4 is 40.4 Å². The van der Waals surface area contributed by atoms with Crippen LogP contribution in [0.1, 0.15) is 54.9 Å². The van der Waals surface area contributed by atoms with Crippen LogP contribution in [0.15, 0.2) is 65.1 Å². The molecule has 5 rings (SSSR count). The molecule has 0 fully saturated rings. The van der Waals surface area contributed by atoms with Gasteiger partial charge in [0.15, 0.2) is 5.58 Å². The molecule has 0 spiro atoms. The van der Waals surface area contributed by atoms with Crippen molar-refractivity contribution in [3.05, 3.63) is 82.9 Å². The molecule has 4 aromatic rings. The van der Waals surface area contributed by atoms with E-state index in [4.69, 9.17) is 9.15 Å². The first-order chi connectivity index (χ1) is 18.4. The van der Waals surface area contributed by atoms with Crippen molar-refractivity contribution in [3.8, 4) is 0 Å². The summed E-state index contributed by atoms with van der Waals surface area (Å²) in [7, 11) is 0. The van der Waals surface area contributed by atoms with Crippen molar-refractivity contribution in [1.29, 1.82) is 0 Å². The zero-order valence-electron chi connectivity index (χ0n) is 22.1. The molecule has 1 amide bonds. The van der Waals surface area contributed by atoms with E-state index in [0.29, 0.717) is 31.2 Å². The summed E-state index contributed by atoms with van der Waals surface area (Å²) in [5, 5.41) is 3.23. The first-order valence-corrected chi connectivity index (χ1v) is 13.2. The van der Waals surface area contributed by atoms with Crippen LogP contribution in [-0.2, 0) is 27.2 Å². The third-order valence-corrected chi connectivity index (χ3v) is 7.07. The van der Waals surface area contributed by atoms with Crippen molar-refractivity contribution in [3.63, 3.8) is 0 Å². The van der Waals surface area contributed by atoms with Gasteiger partial charge >= 0.3 is 5.97 Å². The maximum absolute atomic E-state index is 13.4. The number of aromatic nitrogens is 1. The number of rotatable bonds is 8. The highest BCUT2D eigenvalue weighted by Gasteiger charge is 2.24. The number of para-hydroxylation sites is 1. The quantitative estimate of drug-likeness (QED) is 0.273. The molecule has 1 aromatic heterocycles. The number of benzene rings is 3. The van der Waals surface area contributed by atoms with Gasteiger partial charge in [-0.15, -0.1) is 0 Å². The average Bonchev–Trinajstić information content (AvgIpc) is 3.31. The summed E-state index contributed by atoms with van der Waals surface area (Å²) in [6.07, 6.45) is 2.45. The molecule has 0 bridgehead atoms. The lowest BCUT2D eigenvalue weighted by Gasteiger charge is -2.30. The number of hydrogen-bond donors (Lipinski definition) is 1. The van der Waals surface area contributed by atoms with E-state index >= 15 is 0 Å². The lowest BCUT2D eigenvalue weighted by Crippen LogP contribution is -2.36. The molecule has 1 unspecified atom stereocenters. The monoisotopic (exact) mass is 511 g/mol. The van der Waals surface area contributed by atoms with E-state index in [1.807, 2.05) is 80.3 Å². The Bertz CT molecular complexity index is 1480.